The van der Waals surface area contributed by atoms with Gasteiger partial charge in [-0.25, -0.2) is 0 Å². The first-order valence-corrected chi connectivity index (χ1v) is 10.5. The zero-order chi connectivity index (χ0) is 22.7. The van der Waals surface area contributed by atoms with Gasteiger partial charge < -0.3 is 19.6 Å². The van der Waals surface area contributed by atoms with Crippen LogP contribution in [-0.2, 0) is 9.59 Å². The Hall–Kier alpha value is -3.12. The summed E-state index contributed by atoms with van der Waals surface area (Å²) in [6.45, 7) is 6.82. The first kappa shape index (κ1) is 22.6. The zero-order valence-corrected chi connectivity index (χ0v) is 18.8. The number of rotatable bonds is 7. The van der Waals surface area contributed by atoms with Crippen LogP contribution >= 0.6 is 0 Å². The van der Waals surface area contributed by atoms with Gasteiger partial charge in [0.05, 0.1) is 17.7 Å². The number of aliphatic hydroxyl groups is 1. The second-order valence-corrected chi connectivity index (χ2v) is 8.40. The van der Waals surface area contributed by atoms with Crippen molar-refractivity contribution in [1.29, 1.82) is 0 Å². The van der Waals surface area contributed by atoms with E-state index in [2.05, 4.69) is 0 Å². The fraction of sp³-hybridized carbons (Fsp3) is 0.360. The Labute approximate surface area is 183 Å². The van der Waals surface area contributed by atoms with Crippen molar-refractivity contribution in [3.05, 3.63) is 70.8 Å². The molecule has 0 spiro atoms. The first-order chi connectivity index (χ1) is 14.7. The van der Waals surface area contributed by atoms with Crippen molar-refractivity contribution in [3.63, 3.8) is 0 Å². The Balaban J connectivity index is 2.08. The molecule has 1 atom stereocenters. The van der Waals surface area contributed by atoms with E-state index in [1.54, 1.807) is 29.2 Å². The average Bonchev–Trinajstić information content (AvgIpc) is 2.96. The third kappa shape index (κ3) is 4.97. The molecule has 0 aromatic heterocycles. The number of ketones is 1. The molecule has 6 heteroatoms. The molecule has 0 radical (unpaired) electrons. The van der Waals surface area contributed by atoms with Gasteiger partial charge in [-0.05, 0) is 64.7 Å². The third-order valence-corrected chi connectivity index (χ3v) is 5.19. The first-order valence-electron chi connectivity index (χ1n) is 10.5. The molecular weight excluding hydrogens is 392 g/mol. The van der Waals surface area contributed by atoms with Gasteiger partial charge in [0.15, 0.2) is 0 Å². The van der Waals surface area contributed by atoms with Gasteiger partial charge in [-0.3, -0.25) is 9.59 Å². The molecular formula is C25H30N2O4. The highest BCUT2D eigenvalue weighted by Crippen LogP contribution is 2.39. The fourth-order valence-electron chi connectivity index (χ4n) is 3.72. The van der Waals surface area contributed by atoms with Crippen LogP contribution in [0.1, 0.15) is 36.6 Å². The summed E-state index contributed by atoms with van der Waals surface area (Å²) in [5.74, 6) is -0.749. The van der Waals surface area contributed by atoms with Crippen LogP contribution in [-0.4, -0.2) is 59.9 Å². The van der Waals surface area contributed by atoms with E-state index in [-0.39, 0.29) is 17.4 Å². The number of aliphatic hydroxyl groups excluding tert-OH is 1. The van der Waals surface area contributed by atoms with Crippen molar-refractivity contribution < 1.29 is 19.4 Å². The summed E-state index contributed by atoms with van der Waals surface area (Å²) in [6.07, 6.45) is 0.0304. The maximum absolute atomic E-state index is 13.0. The topological polar surface area (TPSA) is 70.1 Å². The number of hydrogen-bond acceptors (Lipinski definition) is 5. The van der Waals surface area contributed by atoms with Crippen molar-refractivity contribution in [2.24, 2.45) is 0 Å². The molecule has 164 valence electrons. The summed E-state index contributed by atoms with van der Waals surface area (Å²) in [5.41, 5.74) is 2.41. The lowest BCUT2D eigenvalue weighted by molar-refractivity contribution is -0.140. The third-order valence-electron chi connectivity index (χ3n) is 5.19. The molecule has 1 unspecified atom stereocenters. The Bertz CT molecular complexity index is 993. The normalized spacial score (nSPS) is 18.3. The number of carbonyl (C=O) groups excluding carboxylic acids is 2. The van der Waals surface area contributed by atoms with Gasteiger partial charge in [0.2, 0.25) is 0 Å². The van der Waals surface area contributed by atoms with E-state index in [1.165, 1.54) is 0 Å². The van der Waals surface area contributed by atoms with Crippen molar-refractivity contribution in [3.8, 4) is 5.75 Å². The fourth-order valence-corrected chi connectivity index (χ4v) is 3.72. The SMILES string of the molecule is Cc1cccc(C2/C(=C(/O)c3ccc(OC(C)C)cc3)C(=O)C(=O)N2CCN(C)C)c1. The molecule has 3 rings (SSSR count). The number of nitrogens with zero attached hydrogens (tertiary/aromatic N) is 2. The predicted octanol–water partition coefficient (Wildman–Crippen LogP) is 3.77. The minimum absolute atomic E-state index is 0.0304. The number of likely N-dealkylation sites (N-methyl/N-ethyl adjacent to an activating group) is 1. The molecule has 2 aromatic rings. The molecule has 0 bridgehead atoms. The van der Waals surface area contributed by atoms with Crippen LogP contribution < -0.4 is 4.74 Å². The maximum Gasteiger partial charge on any atom is 0.295 e. The molecule has 1 N–H and O–H groups in total. The number of Topliss-reactive ketones (excluding diaryl/α,β-unsaturated/α-hetero) is 1. The van der Waals surface area contributed by atoms with Crippen LogP contribution in [0, 0.1) is 6.92 Å². The Kier molecular flexibility index (Phi) is 6.81. The molecule has 6 nitrogen and oxygen atoms in total. The van der Waals surface area contributed by atoms with E-state index in [4.69, 9.17) is 4.74 Å². The minimum atomic E-state index is -0.662. The Morgan fingerprint density at radius 3 is 2.39 bits per heavy atom. The van der Waals surface area contributed by atoms with Crippen LogP contribution in [0.3, 0.4) is 0 Å². The smallest absolute Gasteiger partial charge is 0.295 e. The van der Waals surface area contributed by atoms with E-state index in [9.17, 15) is 14.7 Å². The molecule has 1 fully saturated rings. The number of likely N-dealkylation sites (tertiary alicyclic amines) is 1. The highest BCUT2D eigenvalue weighted by molar-refractivity contribution is 6.46. The van der Waals surface area contributed by atoms with Crippen molar-refractivity contribution >= 4 is 17.4 Å². The molecule has 0 saturated carbocycles. The summed E-state index contributed by atoms with van der Waals surface area (Å²) in [5, 5.41) is 11.1. The number of carbonyl (C=O) groups is 2. The lowest BCUT2D eigenvalue weighted by Gasteiger charge is -2.26. The quantitative estimate of drug-likeness (QED) is 0.418. The Morgan fingerprint density at radius 2 is 1.81 bits per heavy atom. The lowest BCUT2D eigenvalue weighted by Crippen LogP contribution is -2.35. The highest BCUT2D eigenvalue weighted by Gasteiger charge is 2.45. The van der Waals surface area contributed by atoms with Gasteiger partial charge in [0.1, 0.15) is 11.5 Å². The number of hydrogen-bond donors (Lipinski definition) is 1. The van der Waals surface area contributed by atoms with Crippen LogP contribution in [0.25, 0.3) is 5.76 Å². The number of amides is 1. The summed E-state index contributed by atoms with van der Waals surface area (Å²) in [4.78, 5) is 29.4. The minimum Gasteiger partial charge on any atom is -0.507 e. The van der Waals surface area contributed by atoms with Crippen molar-refractivity contribution in [1.82, 2.24) is 9.80 Å². The van der Waals surface area contributed by atoms with E-state index in [0.29, 0.717) is 24.4 Å². The van der Waals surface area contributed by atoms with Gasteiger partial charge in [0, 0.05) is 18.7 Å². The highest BCUT2D eigenvalue weighted by atomic mass is 16.5. The van der Waals surface area contributed by atoms with Crippen molar-refractivity contribution in [2.45, 2.75) is 32.9 Å². The van der Waals surface area contributed by atoms with E-state index >= 15 is 0 Å². The summed E-state index contributed by atoms with van der Waals surface area (Å²) >= 11 is 0. The molecule has 1 aliphatic rings. The molecule has 1 amide bonds. The molecule has 31 heavy (non-hydrogen) atoms. The summed E-state index contributed by atoms with van der Waals surface area (Å²) in [7, 11) is 3.83. The van der Waals surface area contributed by atoms with Gasteiger partial charge >= 0.3 is 0 Å². The summed E-state index contributed by atoms with van der Waals surface area (Å²) < 4.78 is 5.66. The Morgan fingerprint density at radius 1 is 1.13 bits per heavy atom. The number of ether oxygens (including phenoxy) is 1. The van der Waals surface area contributed by atoms with Gasteiger partial charge in [0.25, 0.3) is 11.7 Å². The van der Waals surface area contributed by atoms with Gasteiger partial charge in [-0.15, -0.1) is 0 Å². The van der Waals surface area contributed by atoms with E-state index in [0.717, 1.165) is 11.1 Å². The van der Waals surface area contributed by atoms with Crippen LogP contribution in [0.15, 0.2) is 54.1 Å². The van der Waals surface area contributed by atoms with E-state index < -0.39 is 17.7 Å². The molecule has 1 heterocycles. The molecule has 0 aliphatic carbocycles. The van der Waals surface area contributed by atoms with Crippen LogP contribution in [0.2, 0.25) is 0 Å². The van der Waals surface area contributed by atoms with Gasteiger partial charge in [-0.2, -0.15) is 0 Å². The van der Waals surface area contributed by atoms with Gasteiger partial charge in [-0.1, -0.05) is 29.8 Å². The van der Waals surface area contributed by atoms with Crippen LogP contribution in [0.4, 0.5) is 0 Å². The standard InChI is InChI=1S/C25H30N2O4/c1-16(2)31-20-11-9-18(10-12-20)23(28)21-22(19-8-6-7-17(3)15-19)27(14-13-26(4)5)25(30)24(21)29/h6-12,15-16,22,28H,13-14H2,1-5H3/b23-21-. The maximum atomic E-state index is 13.0. The second kappa shape index (κ2) is 9.35. The monoisotopic (exact) mass is 422 g/mol. The lowest BCUT2D eigenvalue weighted by atomic mass is 9.94. The van der Waals surface area contributed by atoms with Crippen LogP contribution in [0.5, 0.6) is 5.75 Å². The second-order valence-electron chi connectivity index (χ2n) is 8.40. The average molecular weight is 423 g/mol. The number of aryl methyl sites for hydroxylation is 1. The summed E-state index contributed by atoms with van der Waals surface area (Å²) in [6, 6.07) is 14.0. The number of benzene rings is 2. The molecule has 2 aromatic carbocycles. The molecule has 1 saturated heterocycles. The predicted molar refractivity (Wildman–Crippen MR) is 121 cm³/mol. The van der Waals surface area contributed by atoms with Crippen molar-refractivity contribution in [2.75, 3.05) is 27.2 Å². The zero-order valence-electron chi connectivity index (χ0n) is 18.8. The van der Waals surface area contributed by atoms with E-state index in [1.807, 2.05) is 64.0 Å². The molecule has 1 aliphatic heterocycles. The largest absolute Gasteiger partial charge is 0.507 e.